The van der Waals surface area contributed by atoms with Gasteiger partial charge in [-0.3, -0.25) is 4.79 Å². The Labute approximate surface area is 192 Å². The van der Waals surface area contributed by atoms with Crippen LogP contribution in [0.5, 0.6) is 5.75 Å². The summed E-state index contributed by atoms with van der Waals surface area (Å²) in [7, 11) is -1.75. The van der Waals surface area contributed by atoms with Gasteiger partial charge in [0.05, 0.1) is 18.9 Å². The van der Waals surface area contributed by atoms with Gasteiger partial charge in [0.15, 0.2) is 0 Å². The number of carbonyl (C=O) groups excluding carboxylic acids is 1. The highest BCUT2D eigenvalue weighted by Crippen LogP contribution is 2.27. The molecule has 1 amide bonds. The molecule has 0 radical (unpaired) electrons. The lowest BCUT2D eigenvalue weighted by Crippen LogP contribution is -2.44. The molecule has 32 heavy (non-hydrogen) atoms. The largest absolute Gasteiger partial charge is 0.496 e. The summed E-state index contributed by atoms with van der Waals surface area (Å²) in [5.74, 6) is 0.662. The summed E-state index contributed by atoms with van der Waals surface area (Å²) < 4.78 is 32.6. The van der Waals surface area contributed by atoms with Gasteiger partial charge in [-0.15, -0.1) is 0 Å². The fourth-order valence-electron chi connectivity index (χ4n) is 4.29. The van der Waals surface area contributed by atoms with Crippen LogP contribution in [0.1, 0.15) is 54.5 Å². The van der Waals surface area contributed by atoms with Gasteiger partial charge < -0.3 is 10.1 Å². The first-order valence-corrected chi connectivity index (χ1v) is 12.8. The highest BCUT2D eigenvalue weighted by Gasteiger charge is 2.32. The van der Waals surface area contributed by atoms with E-state index in [9.17, 15) is 13.2 Å². The number of methoxy groups -OCH3 is 1. The molecule has 174 valence electrons. The Morgan fingerprint density at radius 1 is 1.12 bits per heavy atom. The summed E-state index contributed by atoms with van der Waals surface area (Å²) >= 11 is 0. The monoisotopic (exact) mass is 458 g/mol. The maximum absolute atomic E-state index is 12.9. The van der Waals surface area contributed by atoms with Gasteiger partial charge in [-0.25, -0.2) is 12.7 Å². The smallest absolute Gasteiger partial charge is 0.223 e. The summed E-state index contributed by atoms with van der Waals surface area (Å²) in [5.41, 5.74) is 3.89. The molecule has 0 bridgehead atoms. The van der Waals surface area contributed by atoms with E-state index in [2.05, 4.69) is 5.32 Å². The Kier molecular flexibility index (Phi) is 7.96. The van der Waals surface area contributed by atoms with Crippen molar-refractivity contribution in [2.45, 2.75) is 51.8 Å². The molecule has 1 aliphatic rings. The normalized spacial score (nSPS) is 16.5. The van der Waals surface area contributed by atoms with E-state index in [1.165, 1.54) is 4.31 Å². The van der Waals surface area contributed by atoms with Crippen molar-refractivity contribution in [2.24, 2.45) is 5.92 Å². The molecule has 1 heterocycles. The molecule has 0 aliphatic carbocycles. The summed E-state index contributed by atoms with van der Waals surface area (Å²) in [6.45, 7) is 6.72. The van der Waals surface area contributed by atoms with E-state index >= 15 is 0 Å². The van der Waals surface area contributed by atoms with Crippen LogP contribution >= 0.6 is 0 Å². The second kappa shape index (κ2) is 10.5. The van der Waals surface area contributed by atoms with E-state index in [-0.39, 0.29) is 23.6 Å². The zero-order valence-corrected chi connectivity index (χ0v) is 20.2. The molecule has 6 nitrogen and oxygen atoms in total. The van der Waals surface area contributed by atoms with E-state index < -0.39 is 10.0 Å². The van der Waals surface area contributed by atoms with Crippen molar-refractivity contribution in [3.8, 4) is 5.75 Å². The van der Waals surface area contributed by atoms with Crippen molar-refractivity contribution in [3.05, 3.63) is 64.7 Å². The Bertz CT molecular complexity index is 1040. The molecule has 0 unspecified atom stereocenters. The number of rotatable bonds is 8. The molecule has 1 N–H and O–H groups in total. The molecule has 0 saturated carbocycles. The minimum absolute atomic E-state index is 0.00118. The molecule has 7 heteroatoms. The van der Waals surface area contributed by atoms with E-state index in [4.69, 9.17) is 4.74 Å². The Hall–Kier alpha value is -2.38. The standard InChI is InChI=1S/C25H34N2O4S/c1-5-23(21-10-11-24(31-4)19(3)16-21)26-25(28)20-12-14-27(15-13-20)32(29,30)17-22-9-7-6-8-18(22)2/h6-11,16,20,23H,5,12-15,17H2,1-4H3,(H,26,28)/t23-/m0/s1. The van der Waals surface area contributed by atoms with Crippen LogP contribution in [0, 0.1) is 19.8 Å². The second-order valence-corrected chi connectivity index (χ2v) is 10.5. The van der Waals surface area contributed by atoms with Crippen molar-refractivity contribution in [3.63, 3.8) is 0 Å². The lowest BCUT2D eigenvalue weighted by atomic mass is 9.95. The maximum Gasteiger partial charge on any atom is 0.223 e. The number of hydrogen-bond donors (Lipinski definition) is 1. The SMILES string of the molecule is CC[C@H](NC(=O)C1CCN(S(=O)(=O)Cc2ccccc2C)CC1)c1ccc(OC)c(C)c1. The highest BCUT2D eigenvalue weighted by atomic mass is 32.2. The number of sulfonamides is 1. The van der Waals surface area contributed by atoms with Gasteiger partial charge in [0, 0.05) is 19.0 Å². The molecule has 1 atom stereocenters. The quantitative estimate of drug-likeness (QED) is 0.646. The number of benzene rings is 2. The van der Waals surface area contributed by atoms with Crippen molar-refractivity contribution < 1.29 is 17.9 Å². The summed E-state index contributed by atoms with van der Waals surface area (Å²) in [5, 5.41) is 3.17. The first-order valence-electron chi connectivity index (χ1n) is 11.2. The van der Waals surface area contributed by atoms with Crippen LogP contribution in [0.2, 0.25) is 0 Å². The van der Waals surface area contributed by atoms with E-state index in [0.29, 0.717) is 25.9 Å². The number of aryl methyl sites for hydroxylation is 2. The number of nitrogens with one attached hydrogen (secondary N) is 1. The van der Waals surface area contributed by atoms with Crippen LogP contribution < -0.4 is 10.1 Å². The van der Waals surface area contributed by atoms with Crippen LogP contribution in [-0.2, 0) is 20.6 Å². The van der Waals surface area contributed by atoms with Crippen LogP contribution in [0.4, 0.5) is 0 Å². The van der Waals surface area contributed by atoms with Crippen molar-refractivity contribution in [2.75, 3.05) is 20.2 Å². The fraction of sp³-hybridized carbons (Fsp3) is 0.480. The number of ether oxygens (including phenoxy) is 1. The van der Waals surface area contributed by atoms with Gasteiger partial charge >= 0.3 is 0 Å². The molecule has 2 aromatic rings. The lowest BCUT2D eigenvalue weighted by Gasteiger charge is -2.31. The van der Waals surface area contributed by atoms with E-state index in [0.717, 1.165) is 34.4 Å². The molecule has 3 rings (SSSR count). The van der Waals surface area contributed by atoms with Gasteiger partial charge in [0.1, 0.15) is 5.75 Å². The number of piperidine rings is 1. The molecule has 0 spiro atoms. The average molecular weight is 459 g/mol. The molecular weight excluding hydrogens is 424 g/mol. The van der Waals surface area contributed by atoms with Crippen LogP contribution in [0.25, 0.3) is 0 Å². The van der Waals surface area contributed by atoms with Gasteiger partial charge in [-0.2, -0.15) is 0 Å². The van der Waals surface area contributed by atoms with Crippen molar-refractivity contribution >= 4 is 15.9 Å². The zero-order chi connectivity index (χ0) is 23.3. The van der Waals surface area contributed by atoms with Gasteiger partial charge in [0.2, 0.25) is 15.9 Å². The third-order valence-corrected chi connectivity index (χ3v) is 8.19. The van der Waals surface area contributed by atoms with Crippen molar-refractivity contribution in [1.29, 1.82) is 0 Å². The summed E-state index contributed by atoms with van der Waals surface area (Å²) in [4.78, 5) is 12.9. The van der Waals surface area contributed by atoms with E-state index in [1.807, 2.05) is 63.2 Å². The third-order valence-electron chi connectivity index (χ3n) is 6.36. The van der Waals surface area contributed by atoms with Crippen LogP contribution in [0.3, 0.4) is 0 Å². The van der Waals surface area contributed by atoms with Crippen LogP contribution in [-0.4, -0.2) is 38.8 Å². The Balaban J connectivity index is 1.58. The minimum atomic E-state index is -3.40. The fourth-order valence-corrected chi connectivity index (χ4v) is 5.95. The molecule has 2 aromatic carbocycles. The predicted molar refractivity (Wildman–Crippen MR) is 127 cm³/mol. The third kappa shape index (κ3) is 5.70. The Morgan fingerprint density at radius 3 is 2.41 bits per heavy atom. The van der Waals surface area contributed by atoms with Gasteiger partial charge in [-0.05, 0) is 61.4 Å². The van der Waals surface area contributed by atoms with Crippen molar-refractivity contribution in [1.82, 2.24) is 9.62 Å². The van der Waals surface area contributed by atoms with Crippen LogP contribution in [0.15, 0.2) is 42.5 Å². The number of carbonyl (C=O) groups is 1. The first-order chi connectivity index (χ1) is 15.2. The van der Waals surface area contributed by atoms with Gasteiger partial charge in [0.25, 0.3) is 0 Å². The molecule has 0 aromatic heterocycles. The average Bonchev–Trinajstić information content (AvgIpc) is 2.78. The highest BCUT2D eigenvalue weighted by molar-refractivity contribution is 7.88. The topological polar surface area (TPSA) is 75.7 Å². The summed E-state index contributed by atoms with van der Waals surface area (Å²) in [6.07, 6.45) is 1.86. The zero-order valence-electron chi connectivity index (χ0n) is 19.4. The number of hydrogen-bond acceptors (Lipinski definition) is 4. The minimum Gasteiger partial charge on any atom is -0.496 e. The van der Waals surface area contributed by atoms with E-state index in [1.54, 1.807) is 7.11 Å². The molecular formula is C25H34N2O4S. The Morgan fingerprint density at radius 2 is 1.81 bits per heavy atom. The number of nitrogens with zero attached hydrogens (tertiary/aromatic N) is 1. The molecule has 1 fully saturated rings. The molecule has 1 aliphatic heterocycles. The molecule has 1 saturated heterocycles. The summed E-state index contributed by atoms with van der Waals surface area (Å²) in [6, 6.07) is 13.4. The first kappa shape index (κ1) is 24.3. The predicted octanol–water partition coefficient (Wildman–Crippen LogP) is 4.12. The maximum atomic E-state index is 12.9. The lowest BCUT2D eigenvalue weighted by molar-refractivity contribution is -0.126. The van der Waals surface area contributed by atoms with Gasteiger partial charge in [-0.1, -0.05) is 43.3 Å². The second-order valence-electron chi connectivity index (χ2n) is 8.55. The number of amides is 1.